The van der Waals surface area contributed by atoms with Crippen LogP contribution in [0.5, 0.6) is 0 Å². The minimum Gasteiger partial charge on any atom is -0.292 e. The van der Waals surface area contributed by atoms with Gasteiger partial charge in [0.1, 0.15) is 11.3 Å². The highest BCUT2D eigenvalue weighted by atomic mass is 31.2. The molecule has 2 unspecified atom stereocenters. The Morgan fingerprint density at radius 3 is 1.24 bits per heavy atom. The van der Waals surface area contributed by atoms with Crippen LogP contribution in [0.2, 0.25) is 0 Å². The van der Waals surface area contributed by atoms with Gasteiger partial charge in [0.25, 0.3) is 7.72 Å². The molecule has 0 aromatic carbocycles. The first kappa shape index (κ1) is 21.6. The van der Waals surface area contributed by atoms with Gasteiger partial charge in [0.2, 0.25) is 0 Å². The minimum atomic E-state index is -3.11. The predicted octanol–water partition coefficient (Wildman–Crippen LogP) is 4.12. The molecule has 2 rings (SSSR count). The van der Waals surface area contributed by atoms with E-state index in [9.17, 15) is 9.79 Å². The summed E-state index contributed by atoms with van der Waals surface area (Å²) in [5, 5.41) is 0. The van der Waals surface area contributed by atoms with Gasteiger partial charge in [-0.3, -0.25) is 9.80 Å². The van der Waals surface area contributed by atoms with Crippen LogP contribution in [0.4, 0.5) is 0 Å². The summed E-state index contributed by atoms with van der Waals surface area (Å²) in [7, 11) is 1.19. The van der Waals surface area contributed by atoms with Crippen LogP contribution in [-0.2, 0) is 0 Å². The van der Waals surface area contributed by atoms with Crippen molar-refractivity contribution in [2.24, 2.45) is 0 Å². The zero-order chi connectivity index (χ0) is 19.6. The summed E-state index contributed by atoms with van der Waals surface area (Å²) >= 11 is 0. The maximum atomic E-state index is 11.6. The summed E-state index contributed by atoms with van der Waals surface area (Å²) < 4.78 is 0. The first-order chi connectivity index (χ1) is 11.0. The summed E-state index contributed by atoms with van der Waals surface area (Å²) in [6.07, 6.45) is 3.81. The third-order valence-electron chi connectivity index (χ3n) is 8.15. The third kappa shape index (κ3) is 3.31. The van der Waals surface area contributed by atoms with E-state index in [2.05, 4.69) is 79.3 Å². The van der Waals surface area contributed by atoms with Crippen LogP contribution in [0.1, 0.15) is 81.1 Å². The van der Waals surface area contributed by atoms with Crippen molar-refractivity contribution in [3.8, 4) is 0 Å². The lowest BCUT2D eigenvalue weighted by Crippen LogP contribution is -2.67. The Morgan fingerprint density at radius 2 is 0.960 bits per heavy atom. The fraction of sp³-hybridized carbons (Fsp3) is 1.00. The number of hydrogen-bond donors (Lipinski definition) is 2. The average Bonchev–Trinajstić information content (AvgIpc) is 2.41. The molecule has 0 spiro atoms. The van der Waals surface area contributed by atoms with Gasteiger partial charge in [-0.05, 0) is 95.2 Å². The van der Waals surface area contributed by atoms with E-state index >= 15 is 0 Å². The lowest BCUT2D eigenvalue weighted by molar-refractivity contribution is -0.0158. The quantitative estimate of drug-likeness (QED) is 0.715. The Labute approximate surface area is 156 Å². The third-order valence-corrected chi connectivity index (χ3v) is 11.8. The van der Waals surface area contributed by atoms with Crippen molar-refractivity contribution in [2.45, 2.75) is 115 Å². The van der Waals surface area contributed by atoms with E-state index in [1.165, 1.54) is 0 Å². The minimum absolute atomic E-state index is 0.0584. The molecule has 2 saturated heterocycles. The molecule has 2 N–H and O–H groups in total. The molecule has 2 heterocycles. The number of hydrogen-bond acceptors (Lipinski definition) is 4. The summed E-state index contributed by atoms with van der Waals surface area (Å²) in [6, 6.07) is 0. The number of nitrogens with zero attached hydrogens (tertiary/aromatic N) is 2. The molecule has 0 aliphatic carbocycles. The van der Waals surface area contributed by atoms with E-state index in [0.29, 0.717) is 0 Å². The first-order valence-electron chi connectivity index (χ1n) is 9.81. The van der Waals surface area contributed by atoms with Crippen LogP contribution >= 0.6 is 7.72 Å². The Hall–Kier alpha value is 0.270. The normalized spacial score (nSPS) is 35.5. The van der Waals surface area contributed by atoms with Gasteiger partial charge in [-0.1, -0.05) is 0 Å². The highest BCUT2D eigenvalue weighted by molar-refractivity contribution is 7.66. The van der Waals surface area contributed by atoms with Gasteiger partial charge < -0.3 is 0 Å². The molecule has 0 bridgehead atoms. The van der Waals surface area contributed by atoms with Gasteiger partial charge in [-0.15, -0.1) is 0 Å². The maximum Gasteiger partial charge on any atom is 0.277 e. The molecule has 0 aromatic rings. The molecule has 2 aliphatic heterocycles. The molecule has 2 fully saturated rings. The van der Waals surface area contributed by atoms with E-state index in [-0.39, 0.29) is 33.5 Å². The van der Waals surface area contributed by atoms with Crippen molar-refractivity contribution < 1.29 is 9.79 Å². The topological polar surface area (TPSA) is 46.9 Å². The maximum absolute atomic E-state index is 11.6. The van der Waals surface area contributed by atoms with Crippen molar-refractivity contribution in [1.82, 2.24) is 9.80 Å². The monoisotopic (exact) mass is 373 g/mol. The Balaban J connectivity index is 2.38. The molecule has 4 nitrogen and oxygen atoms in total. The van der Waals surface area contributed by atoms with E-state index in [4.69, 9.17) is 0 Å². The van der Waals surface area contributed by atoms with Crippen LogP contribution in [0, 0.1) is 0 Å². The summed E-state index contributed by atoms with van der Waals surface area (Å²) in [5.74, 6) is 0. The second-order valence-electron chi connectivity index (χ2n) is 10.9. The van der Waals surface area contributed by atoms with Crippen LogP contribution in [0.3, 0.4) is 0 Å². The fourth-order valence-electron chi connectivity index (χ4n) is 5.56. The second-order valence-corrected chi connectivity index (χ2v) is 13.5. The predicted molar refractivity (Wildman–Crippen MR) is 109 cm³/mol. The smallest absolute Gasteiger partial charge is 0.277 e. The summed E-state index contributed by atoms with van der Waals surface area (Å²) in [5.41, 5.74) is -0.364. The molecule has 148 valence electrons. The second kappa shape index (κ2) is 6.14. The van der Waals surface area contributed by atoms with E-state index in [1.807, 2.05) is 0 Å². The van der Waals surface area contributed by atoms with Crippen molar-refractivity contribution >= 4 is 7.72 Å². The lowest BCUT2D eigenvalue weighted by Gasteiger charge is -2.58. The Morgan fingerprint density at radius 1 is 0.680 bits per heavy atom. The van der Waals surface area contributed by atoms with Gasteiger partial charge in [0.15, 0.2) is 0 Å². The highest BCUT2D eigenvalue weighted by Crippen LogP contribution is 2.70. The molecule has 0 aromatic heterocycles. The average molecular weight is 374 g/mol. The van der Waals surface area contributed by atoms with E-state index in [0.717, 1.165) is 25.7 Å². The highest BCUT2D eigenvalue weighted by Gasteiger charge is 2.66. The van der Waals surface area contributed by atoms with Crippen molar-refractivity contribution in [3.63, 3.8) is 0 Å². The molecule has 5 heteroatoms. The summed E-state index contributed by atoms with van der Waals surface area (Å²) in [6.45, 7) is 17.8. The van der Waals surface area contributed by atoms with Crippen molar-refractivity contribution in [2.75, 3.05) is 14.1 Å². The summed E-state index contributed by atoms with van der Waals surface area (Å²) in [4.78, 5) is 28.0. The largest absolute Gasteiger partial charge is 0.292 e. The Kier molecular flexibility index (Phi) is 5.30. The van der Waals surface area contributed by atoms with Crippen LogP contribution in [-0.4, -0.2) is 67.2 Å². The zero-order valence-electron chi connectivity index (χ0n) is 18.2. The van der Waals surface area contributed by atoms with Gasteiger partial charge in [-0.2, -0.15) is 0 Å². The fourth-order valence-corrected chi connectivity index (χ4v) is 9.22. The van der Waals surface area contributed by atoms with Crippen molar-refractivity contribution in [1.29, 1.82) is 0 Å². The van der Waals surface area contributed by atoms with Crippen LogP contribution in [0.25, 0.3) is 0 Å². The van der Waals surface area contributed by atoms with E-state index < -0.39 is 7.72 Å². The number of piperidine rings is 2. The Bertz CT molecular complexity index is 470. The van der Waals surface area contributed by atoms with Crippen LogP contribution in [0.15, 0.2) is 0 Å². The van der Waals surface area contributed by atoms with Gasteiger partial charge in [0, 0.05) is 11.1 Å². The van der Waals surface area contributed by atoms with Crippen molar-refractivity contribution in [3.05, 3.63) is 0 Å². The molecule has 0 radical (unpaired) electrons. The molecular formula is C20H42N2O2P+. The zero-order valence-corrected chi connectivity index (χ0v) is 19.1. The lowest BCUT2D eigenvalue weighted by atomic mass is 9.79. The van der Waals surface area contributed by atoms with Gasteiger partial charge in [0.05, 0.1) is 11.1 Å². The SMILES string of the molecule is CN1C(C)(C)CCC([P+](O)(O)C2CCC(C)(C)N(C)C2(C)C)C1(C)C. The number of likely N-dealkylation sites (tertiary alicyclic amines) is 2. The van der Waals surface area contributed by atoms with E-state index in [1.54, 1.807) is 0 Å². The first-order valence-corrected chi connectivity index (χ1v) is 11.6. The molecule has 0 amide bonds. The van der Waals surface area contributed by atoms with Gasteiger partial charge >= 0.3 is 0 Å². The molecule has 25 heavy (non-hydrogen) atoms. The number of rotatable bonds is 2. The standard InChI is InChI=1S/C20H42N2O2P/c1-17(2)13-11-15(19(5,6)21(17)9)25(23,24)16-12-14-18(3,4)22(10)20(16,7)8/h15-16,23-24H,11-14H2,1-10H3/q+1. The molecule has 2 aliphatic rings. The molecular weight excluding hydrogens is 331 g/mol. The molecule has 2 atom stereocenters. The van der Waals surface area contributed by atoms with Gasteiger partial charge in [-0.25, -0.2) is 9.79 Å². The molecule has 0 saturated carbocycles. The van der Waals surface area contributed by atoms with Crippen LogP contribution < -0.4 is 0 Å².